The molecule has 0 radical (unpaired) electrons. The third-order valence-corrected chi connectivity index (χ3v) is 4.23. The van der Waals surface area contributed by atoms with Crippen LogP contribution in [-0.4, -0.2) is 75.9 Å². The van der Waals surface area contributed by atoms with Gasteiger partial charge in [0.1, 0.15) is 12.6 Å². The number of benzene rings is 1. The highest BCUT2D eigenvalue weighted by atomic mass is 16.6. The Hall–Kier alpha value is -2.81. The fourth-order valence-electron chi connectivity index (χ4n) is 2.79. The molecule has 28 heavy (non-hydrogen) atoms. The van der Waals surface area contributed by atoms with Gasteiger partial charge in [0.2, 0.25) is 5.91 Å². The van der Waals surface area contributed by atoms with Gasteiger partial charge in [-0.2, -0.15) is 0 Å². The van der Waals surface area contributed by atoms with E-state index in [4.69, 9.17) is 18.9 Å². The normalized spacial score (nSPS) is 16.3. The lowest BCUT2D eigenvalue weighted by molar-refractivity contribution is -0.153. The van der Waals surface area contributed by atoms with Crippen LogP contribution in [0, 0.1) is 6.92 Å². The second kappa shape index (κ2) is 10.5. The first-order chi connectivity index (χ1) is 13.5. The molecular formula is C19H26N2O7. The molecule has 1 aliphatic rings. The fraction of sp³-hybridized carbons (Fsp3) is 0.526. The van der Waals surface area contributed by atoms with Crippen LogP contribution in [0.4, 0.5) is 0 Å². The van der Waals surface area contributed by atoms with Gasteiger partial charge in [-0.1, -0.05) is 6.07 Å². The lowest BCUT2D eigenvalue weighted by atomic mass is 10.1. The number of nitrogens with one attached hydrogen (secondary N) is 1. The number of ether oxygens (including phenoxy) is 4. The minimum Gasteiger partial charge on any atom is -0.493 e. The fourth-order valence-corrected chi connectivity index (χ4v) is 2.79. The third-order valence-electron chi connectivity index (χ3n) is 4.23. The number of methoxy groups -OCH3 is 2. The van der Waals surface area contributed by atoms with Gasteiger partial charge in [-0.3, -0.25) is 14.4 Å². The van der Waals surface area contributed by atoms with Gasteiger partial charge in [0.15, 0.2) is 18.1 Å². The Morgan fingerprint density at radius 1 is 1.21 bits per heavy atom. The van der Waals surface area contributed by atoms with Crippen molar-refractivity contribution >= 4 is 17.8 Å². The molecular weight excluding hydrogens is 368 g/mol. The summed E-state index contributed by atoms with van der Waals surface area (Å²) in [7, 11) is 3.01. The van der Waals surface area contributed by atoms with Crippen LogP contribution in [0.15, 0.2) is 18.2 Å². The summed E-state index contributed by atoms with van der Waals surface area (Å²) in [6, 6.07) is 4.43. The van der Waals surface area contributed by atoms with E-state index in [2.05, 4.69) is 5.32 Å². The Bertz CT molecular complexity index is 708. The van der Waals surface area contributed by atoms with E-state index in [1.54, 1.807) is 12.1 Å². The van der Waals surface area contributed by atoms with Gasteiger partial charge in [0.05, 0.1) is 20.1 Å². The van der Waals surface area contributed by atoms with Crippen LogP contribution >= 0.6 is 0 Å². The molecule has 1 fully saturated rings. The van der Waals surface area contributed by atoms with Crippen LogP contribution in [0.5, 0.6) is 11.5 Å². The van der Waals surface area contributed by atoms with Crippen LogP contribution in [0.1, 0.15) is 12.0 Å². The van der Waals surface area contributed by atoms with E-state index in [0.29, 0.717) is 18.0 Å². The van der Waals surface area contributed by atoms with Crippen molar-refractivity contribution < 1.29 is 33.3 Å². The monoisotopic (exact) mass is 394 g/mol. The summed E-state index contributed by atoms with van der Waals surface area (Å²) < 4.78 is 20.7. The first kappa shape index (κ1) is 21.5. The Labute approximate surface area is 163 Å². The molecule has 1 aromatic rings. The van der Waals surface area contributed by atoms with E-state index in [1.165, 1.54) is 19.1 Å². The summed E-state index contributed by atoms with van der Waals surface area (Å²) in [6.45, 7) is 2.59. The van der Waals surface area contributed by atoms with Crippen molar-refractivity contribution in [2.75, 3.05) is 47.1 Å². The highest BCUT2D eigenvalue weighted by Crippen LogP contribution is 2.27. The molecule has 9 heteroatoms. The number of nitrogens with zero attached hydrogens (tertiary/aromatic N) is 1. The number of rotatable bonds is 9. The largest absolute Gasteiger partial charge is 0.493 e. The molecule has 1 unspecified atom stereocenters. The SMILES string of the molecule is COCCOC(=O)CC1C(=O)NCCN1C(=O)COc1ccc(C)cc1OC. The van der Waals surface area contributed by atoms with Crippen LogP contribution in [0.2, 0.25) is 0 Å². The average molecular weight is 394 g/mol. The first-order valence-electron chi connectivity index (χ1n) is 8.95. The minimum absolute atomic E-state index is 0.0912. The topological polar surface area (TPSA) is 103 Å². The Balaban J connectivity index is 1.99. The van der Waals surface area contributed by atoms with Gasteiger partial charge in [0.25, 0.3) is 5.91 Å². The maximum Gasteiger partial charge on any atom is 0.308 e. The molecule has 0 spiro atoms. The van der Waals surface area contributed by atoms with Gasteiger partial charge in [-0.25, -0.2) is 0 Å². The molecule has 1 saturated heterocycles. The van der Waals surface area contributed by atoms with Gasteiger partial charge in [-0.15, -0.1) is 0 Å². The van der Waals surface area contributed by atoms with E-state index in [-0.39, 0.29) is 32.8 Å². The van der Waals surface area contributed by atoms with Crippen molar-refractivity contribution in [1.82, 2.24) is 10.2 Å². The van der Waals surface area contributed by atoms with Crippen molar-refractivity contribution in [3.05, 3.63) is 23.8 Å². The number of amides is 2. The highest BCUT2D eigenvalue weighted by molar-refractivity contribution is 5.92. The zero-order chi connectivity index (χ0) is 20.5. The molecule has 1 aliphatic heterocycles. The van der Waals surface area contributed by atoms with Gasteiger partial charge in [-0.05, 0) is 24.6 Å². The van der Waals surface area contributed by atoms with Crippen molar-refractivity contribution in [3.63, 3.8) is 0 Å². The van der Waals surface area contributed by atoms with Gasteiger partial charge >= 0.3 is 5.97 Å². The second-order valence-corrected chi connectivity index (χ2v) is 6.25. The first-order valence-corrected chi connectivity index (χ1v) is 8.95. The van der Waals surface area contributed by atoms with Crippen molar-refractivity contribution in [2.45, 2.75) is 19.4 Å². The molecule has 2 amide bonds. The highest BCUT2D eigenvalue weighted by Gasteiger charge is 2.35. The molecule has 1 heterocycles. The van der Waals surface area contributed by atoms with Crippen LogP contribution < -0.4 is 14.8 Å². The Morgan fingerprint density at radius 2 is 2.00 bits per heavy atom. The van der Waals surface area contributed by atoms with Crippen molar-refractivity contribution in [2.24, 2.45) is 0 Å². The summed E-state index contributed by atoms with van der Waals surface area (Å²) in [6.07, 6.45) is -0.227. The maximum atomic E-state index is 12.6. The van der Waals surface area contributed by atoms with E-state index in [9.17, 15) is 14.4 Å². The summed E-state index contributed by atoms with van der Waals surface area (Å²) in [5.41, 5.74) is 0.996. The molecule has 1 N–H and O–H groups in total. The number of carbonyl (C=O) groups is 3. The number of carbonyl (C=O) groups excluding carboxylic acids is 3. The molecule has 154 valence electrons. The number of hydrogen-bond acceptors (Lipinski definition) is 7. The number of piperazine rings is 1. The van der Waals surface area contributed by atoms with Gasteiger partial charge in [0, 0.05) is 20.2 Å². The van der Waals surface area contributed by atoms with E-state index < -0.39 is 23.8 Å². The Morgan fingerprint density at radius 3 is 2.71 bits per heavy atom. The zero-order valence-corrected chi connectivity index (χ0v) is 16.4. The summed E-state index contributed by atoms with van der Waals surface area (Å²) >= 11 is 0. The molecule has 9 nitrogen and oxygen atoms in total. The van der Waals surface area contributed by atoms with E-state index >= 15 is 0 Å². The van der Waals surface area contributed by atoms with Crippen LogP contribution in [0.3, 0.4) is 0 Å². The molecule has 1 aromatic carbocycles. The Kier molecular flexibility index (Phi) is 8.06. The molecule has 0 aromatic heterocycles. The molecule has 0 bridgehead atoms. The lowest BCUT2D eigenvalue weighted by Crippen LogP contribution is -2.58. The van der Waals surface area contributed by atoms with Crippen LogP contribution in [0.25, 0.3) is 0 Å². The maximum absolute atomic E-state index is 12.6. The molecule has 1 atom stereocenters. The summed E-state index contributed by atoms with van der Waals surface area (Å²) in [4.78, 5) is 38.1. The number of aryl methyl sites for hydroxylation is 1. The quantitative estimate of drug-likeness (QED) is 0.474. The van der Waals surface area contributed by atoms with Crippen molar-refractivity contribution in [3.8, 4) is 11.5 Å². The van der Waals surface area contributed by atoms with E-state index in [1.807, 2.05) is 13.0 Å². The minimum atomic E-state index is -0.931. The smallest absolute Gasteiger partial charge is 0.308 e. The zero-order valence-electron chi connectivity index (χ0n) is 16.4. The molecule has 2 rings (SSSR count). The number of hydrogen-bond donors (Lipinski definition) is 1. The number of esters is 1. The third kappa shape index (κ3) is 5.85. The summed E-state index contributed by atoms with van der Waals surface area (Å²) in [5.74, 6) is -0.415. The average Bonchev–Trinajstić information content (AvgIpc) is 2.68. The summed E-state index contributed by atoms with van der Waals surface area (Å²) in [5, 5.41) is 2.66. The molecule has 0 aliphatic carbocycles. The van der Waals surface area contributed by atoms with E-state index in [0.717, 1.165) is 5.56 Å². The lowest BCUT2D eigenvalue weighted by Gasteiger charge is -2.34. The standard InChI is InChI=1S/C19H26N2O7/c1-13-4-5-15(16(10-13)26-3)28-12-17(22)21-7-6-20-19(24)14(21)11-18(23)27-9-8-25-2/h4-5,10,14H,6-9,11-12H2,1-3H3,(H,20,24). The van der Waals surface area contributed by atoms with Gasteiger partial charge < -0.3 is 29.2 Å². The second-order valence-electron chi connectivity index (χ2n) is 6.25. The molecule has 0 saturated carbocycles. The van der Waals surface area contributed by atoms with Crippen molar-refractivity contribution in [1.29, 1.82) is 0 Å². The predicted molar refractivity (Wildman–Crippen MR) is 99.2 cm³/mol. The van der Waals surface area contributed by atoms with Crippen LogP contribution in [-0.2, 0) is 23.9 Å². The predicted octanol–water partition coefficient (Wildman–Crippen LogP) is 0.289.